The highest BCUT2D eigenvalue weighted by Crippen LogP contribution is 2.30. The minimum Gasteiger partial charge on any atom is -0.326 e. The normalized spacial score (nSPS) is 12.4. The molecule has 0 bridgehead atoms. The minimum absolute atomic E-state index is 0.104. The first-order valence-corrected chi connectivity index (χ1v) is 8.65. The van der Waals surface area contributed by atoms with Gasteiger partial charge in [0.2, 0.25) is 5.95 Å². The van der Waals surface area contributed by atoms with E-state index in [1.54, 1.807) is 36.3 Å². The molecule has 0 fully saturated rings. The fraction of sp³-hybridized carbons (Fsp3) is 0.0526. The lowest BCUT2D eigenvalue weighted by Gasteiger charge is -2.20. The zero-order valence-corrected chi connectivity index (χ0v) is 15.1. The number of fused-ring (bicyclic) bond motifs is 2. The maximum atomic E-state index is 14.5. The second-order valence-electron chi connectivity index (χ2n) is 6.37. The Morgan fingerprint density at radius 1 is 1.10 bits per heavy atom. The molecule has 142 valence electrons. The van der Waals surface area contributed by atoms with Crippen LogP contribution >= 0.6 is 0 Å². The Morgan fingerprint density at radius 3 is 2.86 bits per heavy atom. The average molecular weight is 388 g/mol. The number of nitrogens with one attached hydrogen (secondary N) is 2. The van der Waals surface area contributed by atoms with E-state index in [9.17, 15) is 9.18 Å². The van der Waals surface area contributed by atoms with Gasteiger partial charge in [-0.2, -0.15) is 20.1 Å². The van der Waals surface area contributed by atoms with E-state index >= 15 is 0 Å². The van der Waals surface area contributed by atoms with Gasteiger partial charge >= 0.3 is 6.03 Å². The largest absolute Gasteiger partial charge is 0.368 e. The van der Waals surface area contributed by atoms with Crippen LogP contribution in [0.5, 0.6) is 0 Å². The number of amides is 2. The van der Waals surface area contributed by atoms with Crippen molar-refractivity contribution < 1.29 is 9.18 Å². The number of aromatic nitrogens is 4. The van der Waals surface area contributed by atoms with Crippen LogP contribution in [-0.4, -0.2) is 33.2 Å². The van der Waals surface area contributed by atoms with Gasteiger partial charge in [-0.25, -0.2) is 14.2 Å². The molecule has 10 heteroatoms. The summed E-state index contributed by atoms with van der Waals surface area (Å²) in [7, 11) is 1.72. The molecule has 2 amide bonds. The standard InChI is InChI=1S/C19H13FN8O/c1-28(16-4-2-3-13-11(16)8-22-27-13)17-12(20)9-21-18(26-17)23-10-5-6-14-15(7-10)25-19(29)24-14/h2-9H,1H3,(H,22,27)(H,21,23,26). The average Bonchev–Trinajstić information content (AvgIpc) is 3.33. The summed E-state index contributed by atoms with van der Waals surface area (Å²) in [6.45, 7) is 0. The minimum atomic E-state index is -0.563. The van der Waals surface area contributed by atoms with Gasteiger partial charge in [0.25, 0.3) is 0 Å². The maximum Gasteiger partial charge on any atom is 0.368 e. The van der Waals surface area contributed by atoms with Crippen LogP contribution < -0.4 is 20.9 Å². The van der Waals surface area contributed by atoms with Crippen molar-refractivity contribution in [3.05, 3.63) is 65.3 Å². The van der Waals surface area contributed by atoms with Crippen LogP contribution in [-0.2, 0) is 0 Å². The molecule has 9 nitrogen and oxygen atoms in total. The van der Waals surface area contributed by atoms with E-state index in [0.29, 0.717) is 16.4 Å². The maximum absolute atomic E-state index is 14.5. The highest BCUT2D eigenvalue weighted by atomic mass is 19.1. The van der Waals surface area contributed by atoms with Crippen LogP contribution in [0.3, 0.4) is 0 Å². The third kappa shape index (κ3) is 2.96. The predicted octanol–water partition coefficient (Wildman–Crippen LogP) is 2.38. The molecule has 5 rings (SSSR count). The van der Waals surface area contributed by atoms with E-state index in [-0.39, 0.29) is 11.8 Å². The number of aromatic amines is 1. The molecule has 0 atom stereocenters. The number of urea groups is 1. The van der Waals surface area contributed by atoms with E-state index in [4.69, 9.17) is 0 Å². The third-order valence-electron chi connectivity index (χ3n) is 4.53. The summed E-state index contributed by atoms with van der Waals surface area (Å²) < 4.78 is 14.5. The number of anilines is 4. The number of rotatable bonds is 4. The molecule has 1 aliphatic rings. The third-order valence-corrected chi connectivity index (χ3v) is 4.53. The van der Waals surface area contributed by atoms with E-state index < -0.39 is 11.8 Å². The van der Waals surface area contributed by atoms with Crippen molar-refractivity contribution in [1.29, 1.82) is 0 Å². The van der Waals surface area contributed by atoms with Crippen molar-refractivity contribution in [2.75, 3.05) is 17.3 Å². The molecule has 0 spiro atoms. The molecule has 2 aromatic heterocycles. The van der Waals surface area contributed by atoms with E-state index in [1.807, 2.05) is 18.2 Å². The molecule has 0 saturated carbocycles. The van der Waals surface area contributed by atoms with Gasteiger partial charge in [-0.15, -0.1) is 0 Å². The lowest BCUT2D eigenvalue weighted by Crippen LogP contribution is -2.21. The van der Waals surface area contributed by atoms with Crippen molar-refractivity contribution >= 4 is 40.1 Å². The first-order valence-electron chi connectivity index (χ1n) is 8.65. The van der Waals surface area contributed by atoms with Crippen LogP contribution in [0, 0.1) is 5.82 Å². The van der Waals surface area contributed by atoms with Gasteiger partial charge in [0.1, 0.15) is 0 Å². The highest BCUT2D eigenvalue weighted by Gasteiger charge is 2.16. The van der Waals surface area contributed by atoms with Gasteiger partial charge in [0.05, 0.1) is 34.3 Å². The number of hydrogen-bond acceptors (Lipinski definition) is 6. The van der Waals surface area contributed by atoms with E-state index in [2.05, 4.69) is 35.5 Å². The number of halogens is 1. The molecule has 2 N–H and O–H groups in total. The van der Waals surface area contributed by atoms with Crippen molar-refractivity contribution in [2.45, 2.75) is 0 Å². The van der Waals surface area contributed by atoms with Crippen LogP contribution in [0.1, 0.15) is 0 Å². The zero-order chi connectivity index (χ0) is 20.0. The summed E-state index contributed by atoms with van der Waals surface area (Å²) in [6, 6.07) is 10.1. The van der Waals surface area contributed by atoms with Gasteiger partial charge in [-0.3, -0.25) is 5.10 Å². The molecule has 4 aromatic rings. The SMILES string of the molecule is CN(c1nc(Nc2ccc3c(c2)=NC(=O)N=3)ncc1F)c1cccc2[nH]ncc12. The zero-order valence-electron chi connectivity index (χ0n) is 15.1. The summed E-state index contributed by atoms with van der Waals surface area (Å²) in [5.41, 5.74) is 2.19. The first-order chi connectivity index (χ1) is 14.1. The van der Waals surface area contributed by atoms with Gasteiger partial charge in [-0.05, 0) is 30.3 Å². The number of nitrogens with zero attached hydrogens (tertiary/aromatic N) is 6. The monoisotopic (exact) mass is 388 g/mol. The Hall–Kier alpha value is -4.21. The summed E-state index contributed by atoms with van der Waals surface area (Å²) >= 11 is 0. The Labute approximate surface area is 162 Å². The molecule has 1 aliphatic heterocycles. The Kier molecular flexibility index (Phi) is 3.76. The van der Waals surface area contributed by atoms with Crippen molar-refractivity contribution in [1.82, 2.24) is 20.2 Å². The van der Waals surface area contributed by atoms with Crippen LogP contribution in [0.2, 0.25) is 0 Å². The molecule has 0 unspecified atom stereocenters. The molecule has 3 heterocycles. The topological polar surface area (TPSA) is 112 Å². The molecule has 29 heavy (non-hydrogen) atoms. The number of hydrogen-bond donors (Lipinski definition) is 2. The molecule has 2 aromatic carbocycles. The summed E-state index contributed by atoms with van der Waals surface area (Å²) in [6.07, 6.45) is 2.78. The lowest BCUT2D eigenvalue weighted by molar-refractivity contribution is 0.256. The molecule has 0 aliphatic carbocycles. The van der Waals surface area contributed by atoms with Crippen LogP contribution in [0.25, 0.3) is 10.9 Å². The predicted molar refractivity (Wildman–Crippen MR) is 104 cm³/mol. The number of H-pyrrole nitrogens is 1. The summed E-state index contributed by atoms with van der Waals surface area (Å²) in [5.74, 6) is -0.257. The quantitative estimate of drug-likeness (QED) is 0.555. The fourth-order valence-corrected chi connectivity index (χ4v) is 3.16. The summed E-state index contributed by atoms with van der Waals surface area (Å²) in [5, 5.41) is 11.8. The van der Waals surface area contributed by atoms with Gasteiger partial charge < -0.3 is 10.2 Å². The fourth-order valence-electron chi connectivity index (χ4n) is 3.16. The Morgan fingerprint density at radius 2 is 1.97 bits per heavy atom. The van der Waals surface area contributed by atoms with Crippen molar-refractivity contribution in [3.63, 3.8) is 0 Å². The Balaban J connectivity index is 1.50. The number of carbonyl (C=O) groups is 1. The molecular formula is C19H13FN8O. The lowest BCUT2D eigenvalue weighted by atomic mass is 10.2. The number of benzene rings is 2. The Bertz CT molecular complexity index is 1400. The molecular weight excluding hydrogens is 375 g/mol. The molecule has 0 saturated heterocycles. The highest BCUT2D eigenvalue weighted by molar-refractivity contribution is 5.93. The first kappa shape index (κ1) is 16.9. The van der Waals surface area contributed by atoms with Crippen molar-refractivity contribution in [3.8, 4) is 0 Å². The van der Waals surface area contributed by atoms with Gasteiger partial charge in [0, 0.05) is 18.1 Å². The smallest absolute Gasteiger partial charge is 0.326 e. The van der Waals surface area contributed by atoms with Crippen LogP contribution in [0.4, 0.5) is 32.3 Å². The number of carbonyl (C=O) groups excluding carboxylic acids is 1. The van der Waals surface area contributed by atoms with Crippen LogP contribution in [0.15, 0.2) is 58.8 Å². The second-order valence-corrected chi connectivity index (χ2v) is 6.37. The van der Waals surface area contributed by atoms with E-state index in [0.717, 1.165) is 22.8 Å². The second kappa shape index (κ2) is 6.44. The van der Waals surface area contributed by atoms with E-state index in [1.165, 1.54) is 0 Å². The van der Waals surface area contributed by atoms with Gasteiger partial charge in [-0.1, -0.05) is 6.07 Å². The van der Waals surface area contributed by atoms with Crippen molar-refractivity contribution in [2.24, 2.45) is 9.98 Å². The van der Waals surface area contributed by atoms with Gasteiger partial charge in [0.15, 0.2) is 11.6 Å². The molecule has 0 radical (unpaired) electrons. The summed E-state index contributed by atoms with van der Waals surface area (Å²) in [4.78, 5) is 28.9.